The van der Waals surface area contributed by atoms with Crippen molar-refractivity contribution in [2.45, 2.75) is 6.18 Å². The molecule has 0 bridgehead atoms. The molecule has 3 aromatic rings. The lowest BCUT2D eigenvalue weighted by atomic mass is 10.2. The molecular weight excluding hydrogens is 499 g/mol. The summed E-state index contributed by atoms with van der Waals surface area (Å²) in [5, 5.41) is 0. The van der Waals surface area contributed by atoms with E-state index in [1.807, 2.05) is 24.3 Å². The van der Waals surface area contributed by atoms with Crippen molar-refractivity contribution >= 4 is 61.9 Å². The lowest BCUT2D eigenvalue weighted by Crippen LogP contribution is -2.27. The molecule has 0 atom stereocenters. The largest absolute Gasteiger partial charge is 0.457 e. The fourth-order valence-corrected chi connectivity index (χ4v) is 4.38. The van der Waals surface area contributed by atoms with Gasteiger partial charge in [0.05, 0.1) is 16.2 Å². The highest BCUT2D eigenvalue weighted by atomic mass is 79.9. The summed E-state index contributed by atoms with van der Waals surface area (Å²) in [6, 6.07) is 15.6. The molecule has 152 valence electrons. The van der Waals surface area contributed by atoms with Crippen LogP contribution >= 0.6 is 39.9 Å². The summed E-state index contributed by atoms with van der Waals surface area (Å²) in [6.07, 6.45) is -2.97. The fraction of sp³-hybridized carbons (Fsp3) is 0.0476. The van der Waals surface area contributed by atoms with Gasteiger partial charge in [0.1, 0.15) is 11.5 Å². The molecule has 1 aliphatic heterocycles. The van der Waals surface area contributed by atoms with E-state index in [-0.39, 0.29) is 14.9 Å². The number of thioether (sulfide) groups is 1. The Morgan fingerprint density at radius 1 is 1.07 bits per heavy atom. The molecule has 0 aliphatic carbocycles. The van der Waals surface area contributed by atoms with E-state index in [4.69, 9.17) is 16.6 Å². The number of alkyl halides is 3. The maximum Gasteiger partial charge on any atom is 0.416 e. The molecule has 0 unspecified atom stereocenters. The quantitative estimate of drug-likeness (QED) is 0.277. The van der Waals surface area contributed by atoms with Gasteiger partial charge in [-0.05, 0) is 42.5 Å². The molecule has 2 aromatic carbocycles. The number of thiocarbonyl (C=S) groups is 1. The van der Waals surface area contributed by atoms with Crippen LogP contribution in [0.25, 0.3) is 17.4 Å². The van der Waals surface area contributed by atoms with Crippen LogP contribution in [-0.2, 0) is 11.0 Å². The molecule has 1 aromatic heterocycles. The summed E-state index contributed by atoms with van der Waals surface area (Å²) in [4.78, 5) is 14.2. The lowest BCUT2D eigenvalue weighted by molar-refractivity contribution is -0.137. The SMILES string of the molecule is O=C1C(=Cc2ccc(-c3ccc(Br)cc3)o2)SC(=S)N1c1cccc(C(F)(F)F)c1. The zero-order valence-corrected chi connectivity index (χ0v) is 18.2. The van der Waals surface area contributed by atoms with Gasteiger partial charge in [-0.3, -0.25) is 9.69 Å². The molecule has 9 heteroatoms. The summed E-state index contributed by atoms with van der Waals surface area (Å²) in [5.74, 6) is 0.575. The molecular formula is C21H11BrF3NO2S2. The third-order valence-corrected chi connectivity index (χ3v) is 6.09. The number of halogens is 4. The number of nitrogens with zero attached hydrogens (tertiary/aromatic N) is 1. The molecule has 0 saturated carbocycles. The number of carbonyl (C=O) groups excluding carboxylic acids is 1. The topological polar surface area (TPSA) is 33.5 Å². The fourth-order valence-electron chi connectivity index (χ4n) is 2.84. The Morgan fingerprint density at radius 2 is 1.80 bits per heavy atom. The first-order valence-corrected chi connectivity index (χ1v) is 10.6. The van der Waals surface area contributed by atoms with Crippen LogP contribution < -0.4 is 4.90 Å². The van der Waals surface area contributed by atoms with E-state index in [2.05, 4.69) is 15.9 Å². The second-order valence-electron chi connectivity index (χ2n) is 6.27. The van der Waals surface area contributed by atoms with Crippen molar-refractivity contribution in [3.63, 3.8) is 0 Å². The molecule has 1 fully saturated rings. The van der Waals surface area contributed by atoms with Gasteiger partial charge in [-0.1, -0.05) is 58.1 Å². The Bertz CT molecular complexity index is 1170. The Hall–Kier alpha value is -2.36. The smallest absolute Gasteiger partial charge is 0.416 e. The van der Waals surface area contributed by atoms with Crippen LogP contribution in [0.2, 0.25) is 0 Å². The molecule has 30 heavy (non-hydrogen) atoms. The number of anilines is 1. The van der Waals surface area contributed by atoms with Crippen LogP contribution in [-0.4, -0.2) is 10.2 Å². The highest BCUT2D eigenvalue weighted by Gasteiger charge is 2.36. The number of rotatable bonds is 3. The maximum absolute atomic E-state index is 13.0. The third-order valence-electron chi connectivity index (χ3n) is 4.25. The van der Waals surface area contributed by atoms with E-state index < -0.39 is 17.6 Å². The van der Waals surface area contributed by atoms with Crippen LogP contribution in [0.1, 0.15) is 11.3 Å². The summed E-state index contributed by atoms with van der Waals surface area (Å²) >= 11 is 9.62. The normalized spacial score (nSPS) is 16.0. The van der Waals surface area contributed by atoms with Crippen molar-refractivity contribution in [2.75, 3.05) is 4.90 Å². The minimum Gasteiger partial charge on any atom is -0.457 e. The summed E-state index contributed by atoms with van der Waals surface area (Å²) in [5.41, 5.74) is 0.100. The third kappa shape index (κ3) is 4.23. The molecule has 0 radical (unpaired) electrons. The van der Waals surface area contributed by atoms with E-state index in [9.17, 15) is 18.0 Å². The van der Waals surface area contributed by atoms with Gasteiger partial charge < -0.3 is 4.42 Å². The monoisotopic (exact) mass is 509 g/mol. The van der Waals surface area contributed by atoms with Gasteiger partial charge in [-0.15, -0.1) is 0 Å². The van der Waals surface area contributed by atoms with Crippen molar-refractivity contribution in [1.29, 1.82) is 0 Å². The van der Waals surface area contributed by atoms with Gasteiger partial charge in [0.25, 0.3) is 5.91 Å². The first-order chi connectivity index (χ1) is 14.2. The van der Waals surface area contributed by atoms with Gasteiger partial charge >= 0.3 is 6.18 Å². The Kier molecular flexibility index (Phi) is 5.61. The number of benzene rings is 2. The van der Waals surface area contributed by atoms with Crippen molar-refractivity contribution in [1.82, 2.24) is 0 Å². The highest BCUT2D eigenvalue weighted by molar-refractivity contribution is 9.10. The molecule has 4 rings (SSSR count). The molecule has 1 aliphatic rings. The Morgan fingerprint density at radius 3 is 2.50 bits per heavy atom. The number of furan rings is 1. The molecule has 1 saturated heterocycles. The van der Waals surface area contributed by atoms with Crippen LogP contribution in [0.3, 0.4) is 0 Å². The zero-order chi connectivity index (χ0) is 21.5. The van der Waals surface area contributed by atoms with Crippen molar-refractivity contribution in [3.8, 4) is 11.3 Å². The maximum atomic E-state index is 13.0. The van der Waals surface area contributed by atoms with Gasteiger partial charge in [-0.25, -0.2) is 0 Å². The van der Waals surface area contributed by atoms with Crippen LogP contribution in [0.4, 0.5) is 18.9 Å². The van der Waals surface area contributed by atoms with E-state index in [0.717, 1.165) is 38.8 Å². The van der Waals surface area contributed by atoms with E-state index in [1.54, 1.807) is 12.1 Å². The van der Waals surface area contributed by atoms with Crippen molar-refractivity contribution in [2.24, 2.45) is 0 Å². The van der Waals surface area contributed by atoms with Gasteiger partial charge in [0, 0.05) is 16.1 Å². The predicted octanol–water partition coefficient (Wildman–Crippen LogP) is 7.13. The summed E-state index contributed by atoms with van der Waals surface area (Å²) < 4.78 is 45.9. The van der Waals surface area contributed by atoms with Crippen LogP contribution in [0.15, 0.2) is 74.5 Å². The zero-order valence-electron chi connectivity index (χ0n) is 14.9. The van der Waals surface area contributed by atoms with E-state index in [0.29, 0.717) is 11.5 Å². The van der Waals surface area contributed by atoms with E-state index >= 15 is 0 Å². The molecule has 2 heterocycles. The first-order valence-electron chi connectivity index (χ1n) is 8.53. The Balaban J connectivity index is 1.60. The average molecular weight is 510 g/mol. The average Bonchev–Trinajstić information content (AvgIpc) is 3.26. The van der Waals surface area contributed by atoms with Crippen molar-refractivity contribution < 1.29 is 22.4 Å². The van der Waals surface area contributed by atoms with Gasteiger partial charge in [-0.2, -0.15) is 13.2 Å². The van der Waals surface area contributed by atoms with Crippen LogP contribution in [0.5, 0.6) is 0 Å². The van der Waals surface area contributed by atoms with Crippen molar-refractivity contribution in [3.05, 3.63) is 81.4 Å². The van der Waals surface area contributed by atoms with E-state index in [1.165, 1.54) is 18.2 Å². The first kappa shape index (κ1) is 20.9. The second-order valence-corrected chi connectivity index (χ2v) is 8.87. The van der Waals surface area contributed by atoms with Gasteiger partial charge in [0.2, 0.25) is 0 Å². The summed E-state index contributed by atoms with van der Waals surface area (Å²) in [7, 11) is 0. The van der Waals surface area contributed by atoms with Gasteiger partial charge in [0.15, 0.2) is 4.32 Å². The lowest BCUT2D eigenvalue weighted by Gasteiger charge is -2.16. The summed E-state index contributed by atoms with van der Waals surface area (Å²) in [6.45, 7) is 0. The molecule has 1 amide bonds. The number of amides is 1. The molecule has 3 nitrogen and oxygen atoms in total. The Labute approximate surface area is 187 Å². The highest BCUT2D eigenvalue weighted by Crippen LogP contribution is 2.38. The number of carbonyl (C=O) groups is 1. The molecule has 0 spiro atoms. The number of hydrogen-bond donors (Lipinski definition) is 0. The number of hydrogen-bond acceptors (Lipinski definition) is 4. The standard InChI is InChI=1S/C21H11BrF3NO2S2/c22-14-6-4-12(5-7-14)17-9-8-16(28-17)11-18-19(27)26(20(29)30-18)15-3-1-2-13(10-15)21(23,24)25/h1-11H. The van der Waals surface area contributed by atoms with Crippen LogP contribution in [0, 0.1) is 0 Å². The predicted molar refractivity (Wildman–Crippen MR) is 119 cm³/mol. The minimum atomic E-state index is -4.51. The molecule has 0 N–H and O–H groups in total. The minimum absolute atomic E-state index is 0.0747. The second kappa shape index (κ2) is 8.05.